The second-order valence-corrected chi connectivity index (χ2v) is 3.09. The normalized spacial score (nSPS) is 9.46. The lowest BCUT2D eigenvalue weighted by molar-refractivity contribution is 1.13. The van der Waals surface area contributed by atoms with Crippen molar-refractivity contribution in [3.05, 3.63) is 28.2 Å². The number of nitrogens with one attached hydrogen (secondary N) is 2. The van der Waals surface area contributed by atoms with Crippen molar-refractivity contribution < 1.29 is 0 Å². The molecular weight excluding hydrogens is 166 g/mol. The van der Waals surface area contributed by atoms with Gasteiger partial charge in [-0.25, -0.2) is 0 Å². The predicted octanol–water partition coefficient (Wildman–Crippen LogP) is 1.49. The highest BCUT2D eigenvalue weighted by Crippen LogP contribution is 2.03. The summed E-state index contributed by atoms with van der Waals surface area (Å²) in [7, 11) is 0. The minimum absolute atomic E-state index is 0.119. The van der Waals surface area contributed by atoms with E-state index in [1.165, 1.54) is 6.07 Å². The fourth-order valence-electron chi connectivity index (χ4n) is 0.924. The Bertz CT molecular complexity index is 375. The first-order chi connectivity index (χ1) is 6.08. The van der Waals surface area contributed by atoms with Crippen molar-refractivity contribution in [1.82, 2.24) is 4.98 Å². The zero-order valence-electron chi connectivity index (χ0n) is 8.01. The maximum atomic E-state index is 11.0. The average molecular weight is 179 g/mol. The molecule has 70 valence electrons. The van der Waals surface area contributed by atoms with Crippen LogP contribution in [0.2, 0.25) is 0 Å². The third-order valence-corrected chi connectivity index (χ3v) is 1.39. The molecule has 0 saturated carbocycles. The maximum absolute atomic E-state index is 11.0. The van der Waals surface area contributed by atoms with E-state index in [0.717, 1.165) is 11.4 Å². The number of anilines is 1. The molecule has 0 aliphatic carbocycles. The minimum atomic E-state index is -0.119. The van der Waals surface area contributed by atoms with Crippen LogP contribution >= 0.6 is 0 Å². The van der Waals surface area contributed by atoms with E-state index in [4.69, 9.17) is 0 Å². The van der Waals surface area contributed by atoms with E-state index in [9.17, 15) is 4.79 Å². The van der Waals surface area contributed by atoms with Crippen molar-refractivity contribution in [2.45, 2.75) is 20.8 Å². The van der Waals surface area contributed by atoms with Gasteiger partial charge in [0.05, 0.1) is 5.69 Å². The third kappa shape index (κ3) is 3.11. The molecule has 4 nitrogen and oxygen atoms in total. The molecular formula is C9H13N3O. The first-order valence-corrected chi connectivity index (χ1v) is 4.06. The molecule has 0 saturated heterocycles. The Kier molecular flexibility index (Phi) is 2.84. The minimum Gasteiger partial charge on any atom is -0.326 e. The van der Waals surface area contributed by atoms with Crippen LogP contribution in [0, 0.1) is 6.92 Å². The molecule has 0 aromatic carbocycles. The van der Waals surface area contributed by atoms with E-state index in [1.807, 2.05) is 26.8 Å². The third-order valence-electron chi connectivity index (χ3n) is 1.39. The van der Waals surface area contributed by atoms with Crippen LogP contribution < -0.4 is 11.0 Å². The molecule has 0 amide bonds. The smallest absolute Gasteiger partial charge is 0.250 e. The van der Waals surface area contributed by atoms with Gasteiger partial charge in [0.25, 0.3) is 0 Å². The van der Waals surface area contributed by atoms with Gasteiger partial charge < -0.3 is 4.98 Å². The number of H-pyrrole nitrogens is 1. The largest absolute Gasteiger partial charge is 0.326 e. The molecule has 0 spiro atoms. The van der Waals surface area contributed by atoms with E-state index in [1.54, 1.807) is 0 Å². The number of hydrogen-bond donors (Lipinski definition) is 2. The molecule has 1 aromatic heterocycles. The van der Waals surface area contributed by atoms with Gasteiger partial charge in [-0.05, 0) is 26.8 Å². The molecule has 0 fully saturated rings. The van der Waals surface area contributed by atoms with Crippen LogP contribution in [0.5, 0.6) is 0 Å². The van der Waals surface area contributed by atoms with Gasteiger partial charge in [0.15, 0.2) is 0 Å². The second kappa shape index (κ2) is 3.89. The van der Waals surface area contributed by atoms with Crippen molar-refractivity contribution in [2.75, 3.05) is 5.43 Å². The number of aryl methyl sites for hydroxylation is 1. The van der Waals surface area contributed by atoms with Crippen LogP contribution in [0.3, 0.4) is 0 Å². The summed E-state index contributed by atoms with van der Waals surface area (Å²) in [6.07, 6.45) is 0. The first-order valence-electron chi connectivity index (χ1n) is 4.06. The first kappa shape index (κ1) is 9.51. The van der Waals surface area contributed by atoms with Crippen LogP contribution in [0.25, 0.3) is 0 Å². The predicted molar refractivity (Wildman–Crippen MR) is 54.2 cm³/mol. The van der Waals surface area contributed by atoms with Crippen molar-refractivity contribution >= 4 is 11.4 Å². The zero-order chi connectivity index (χ0) is 9.84. The fraction of sp³-hybridized carbons (Fsp3) is 0.333. The lowest BCUT2D eigenvalue weighted by atomic mass is 10.3. The molecule has 1 rings (SSSR count). The summed E-state index contributed by atoms with van der Waals surface area (Å²) < 4.78 is 0. The summed E-state index contributed by atoms with van der Waals surface area (Å²) >= 11 is 0. The summed E-state index contributed by atoms with van der Waals surface area (Å²) in [6.45, 7) is 5.59. The number of rotatable bonds is 2. The second-order valence-electron chi connectivity index (χ2n) is 3.09. The van der Waals surface area contributed by atoms with Crippen LogP contribution in [0.4, 0.5) is 5.69 Å². The standard InChI is InChI=1S/C9H13N3O/c1-6(2)11-12-8-4-7(3)10-9(13)5-8/h4-5H,1-3H3,(H2,10,12,13). The fourth-order valence-corrected chi connectivity index (χ4v) is 0.924. The van der Waals surface area contributed by atoms with Crippen molar-refractivity contribution in [2.24, 2.45) is 5.10 Å². The molecule has 0 atom stereocenters. The molecule has 0 unspecified atom stereocenters. The monoisotopic (exact) mass is 179 g/mol. The number of hydrazone groups is 1. The van der Waals surface area contributed by atoms with Gasteiger partial charge in [-0.1, -0.05) is 0 Å². The Morgan fingerprint density at radius 3 is 2.69 bits per heavy atom. The zero-order valence-corrected chi connectivity index (χ0v) is 8.01. The molecule has 0 radical (unpaired) electrons. The SMILES string of the molecule is CC(C)=NNc1cc(C)[nH]c(=O)c1. The molecule has 0 bridgehead atoms. The number of nitrogens with zero attached hydrogens (tertiary/aromatic N) is 1. The molecule has 1 aromatic rings. The van der Waals surface area contributed by atoms with E-state index >= 15 is 0 Å². The highest BCUT2D eigenvalue weighted by atomic mass is 16.1. The van der Waals surface area contributed by atoms with Gasteiger partial charge >= 0.3 is 0 Å². The Hall–Kier alpha value is -1.58. The highest BCUT2D eigenvalue weighted by Gasteiger charge is 1.93. The van der Waals surface area contributed by atoms with Gasteiger partial charge in [0, 0.05) is 17.5 Å². The summed E-state index contributed by atoms with van der Waals surface area (Å²) in [5, 5.41) is 3.99. The molecule has 4 heteroatoms. The number of aromatic nitrogens is 1. The summed E-state index contributed by atoms with van der Waals surface area (Å²) in [4.78, 5) is 13.7. The van der Waals surface area contributed by atoms with E-state index in [0.29, 0.717) is 5.69 Å². The van der Waals surface area contributed by atoms with Crippen molar-refractivity contribution in [3.63, 3.8) is 0 Å². The summed E-state index contributed by atoms with van der Waals surface area (Å²) in [6, 6.07) is 3.30. The molecule has 0 aliphatic rings. The van der Waals surface area contributed by atoms with Gasteiger partial charge in [0.1, 0.15) is 0 Å². The average Bonchev–Trinajstić information content (AvgIpc) is 1.99. The number of hydrogen-bond acceptors (Lipinski definition) is 3. The quantitative estimate of drug-likeness (QED) is 0.533. The molecule has 2 N–H and O–H groups in total. The van der Waals surface area contributed by atoms with Gasteiger partial charge in [-0.2, -0.15) is 5.10 Å². The van der Waals surface area contributed by atoms with Crippen molar-refractivity contribution in [1.29, 1.82) is 0 Å². The van der Waals surface area contributed by atoms with Crippen LogP contribution in [0.15, 0.2) is 22.0 Å². The van der Waals surface area contributed by atoms with Crippen LogP contribution in [0.1, 0.15) is 19.5 Å². The Labute approximate surface area is 76.7 Å². The van der Waals surface area contributed by atoms with E-state index in [2.05, 4.69) is 15.5 Å². The van der Waals surface area contributed by atoms with Gasteiger partial charge in [-0.15, -0.1) is 0 Å². The van der Waals surface area contributed by atoms with E-state index < -0.39 is 0 Å². The Morgan fingerprint density at radius 1 is 1.46 bits per heavy atom. The van der Waals surface area contributed by atoms with Crippen LogP contribution in [-0.4, -0.2) is 10.7 Å². The Morgan fingerprint density at radius 2 is 2.15 bits per heavy atom. The topological polar surface area (TPSA) is 57.2 Å². The molecule has 1 heterocycles. The molecule has 13 heavy (non-hydrogen) atoms. The lowest BCUT2D eigenvalue weighted by Crippen LogP contribution is -2.07. The summed E-state index contributed by atoms with van der Waals surface area (Å²) in [5.74, 6) is 0. The van der Waals surface area contributed by atoms with Crippen molar-refractivity contribution in [3.8, 4) is 0 Å². The highest BCUT2D eigenvalue weighted by molar-refractivity contribution is 5.79. The lowest BCUT2D eigenvalue weighted by Gasteiger charge is -2.00. The Balaban J connectivity index is 2.90. The summed E-state index contributed by atoms with van der Waals surface area (Å²) in [5.41, 5.74) is 5.12. The number of aromatic amines is 1. The molecule has 0 aliphatic heterocycles. The van der Waals surface area contributed by atoms with E-state index in [-0.39, 0.29) is 5.56 Å². The van der Waals surface area contributed by atoms with Gasteiger partial charge in [-0.3, -0.25) is 10.2 Å². The number of pyridine rings is 1. The van der Waals surface area contributed by atoms with Gasteiger partial charge in [0.2, 0.25) is 5.56 Å². The maximum Gasteiger partial charge on any atom is 0.250 e. The van der Waals surface area contributed by atoms with Crippen LogP contribution in [-0.2, 0) is 0 Å².